The van der Waals surface area contributed by atoms with Gasteiger partial charge in [0.2, 0.25) is 5.91 Å². The number of nitrogens with one attached hydrogen (secondary N) is 1. The molecular formula is C15H18N4O2. The standard InChI is InChI=1S/C15H18N4O2/c1-11-9-17-15(21)19(10-11)8-2-3-14(20)18-13-6-4-12(16)5-7-13/h4-7,9-10H,2-3,8,16H2,1H3,(H,18,20). The molecule has 2 aromatic rings. The number of aryl methyl sites for hydroxylation is 2. The van der Waals surface area contributed by atoms with Gasteiger partial charge in [-0.05, 0) is 43.2 Å². The molecule has 1 aromatic carbocycles. The fourth-order valence-electron chi connectivity index (χ4n) is 1.93. The average Bonchev–Trinajstić information content (AvgIpc) is 2.45. The van der Waals surface area contributed by atoms with Crippen LogP contribution in [0.15, 0.2) is 41.5 Å². The molecule has 0 saturated carbocycles. The third-order valence-electron chi connectivity index (χ3n) is 2.98. The second-order valence-corrected chi connectivity index (χ2v) is 4.88. The predicted molar refractivity (Wildman–Crippen MR) is 82.0 cm³/mol. The Bertz CT molecular complexity index is 677. The van der Waals surface area contributed by atoms with Gasteiger partial charge in [-0.2, -0.15) is 0 Å². The molecule has 2 rings (SSSR count). The number of nitrogens with zero attached hydrogens (tertiary/aromatic N) is 2. The molecule has 0 spiro atoms. The topological polar surface area (TPSA) is 90.0 Å². The summed E-state index contributed by atoms with van der Waals surface area (Å²) in [6, 6.07) is 6.96. The van der Waals surface area contributed by atoms with Gasteiger partial charge in [0, 0.05) is 36.7 Å². The van der Waals surface area contributed by atoms with Gasteiger partial charge in [-0.3, -0.25) is 9.36 Å². The van der Waals surface area contributed by atoms with Crippen molar-refractivity contribution in [2.75, 3.05) is 11.1 Å². The van der Waals surface area contributed by atoms with E-state index in [1.807, 2.05) is 6.92 Å². The maximum atomic E-state index is 11.8. The molecule has 6 heteroatoms. The molecule has 1 aromatic heterocycles. The van der Waals surface area contributed by atoms with Gasteiger partial charge in [0.25, 0.3) is 0 Å². The summed E-state index contributed by atoms with van der Waals surface area (Å²) in [6.07, 6.45) is 4.19. The van der Waals surface area contributed by atoms with Crippen molar-refractivity contribution >= 4 is 17.3 Å². The van der Waals surface area contributed by atoms with E-state index in [1.54, 1.807) is 30.5 Å². The highest BCUT2D eigenvalue weighted by Crippen LogP contribution is 2.11. The summed E-state index contributed by atoms with van der Waals surface area (Å²) < 4.78 is 1.52. The van der Waals surface area contributed by atoms with Crippen LogP contribution in [0.4, 0.5) is 11.4 Å². The quantitative estimate of drug-likeness (QED) is 0.816. The largest absolute Gasteiger partial charge is 0.399 e. The van der Waals surface area contributed by atoms with Crippen LogP contribution in [-0.2, 0) is 11.3 Å². The molecule has 1 heterocycles. The number of carbonyl (C=O) groups is 1. The molecule has 0 radical (unpaired) electrons. The number of amides is 1. The Morgan fingerprint density at radius 3 is 2.76 bits per heavy atom. The molecule has 0 saturated heterocycles. The molecule has 110 valence electrons. The van der Waals surface area contributed by atoms with Crippen molar-refractivity contribution in [3.8, 4) is 0 Å². The van der Waals surface area contributed by atoms with Gasteiger partial charge >= 0.3 is 5.69 Å². The number of rotatable bonds is 5. The number of hydrogen-bond acceptors (Lipinski definition) is 4. The highest BCUT2D eigenvalue weighted by molar-refractivity contribution is 5.90. The molecule has 3 N–H and O–H groups in total. The Kier molecular flexibility index (Phi) is 4.71. The summed E-state index contributed by atoms with van der Waals surface area (Å²) in [5, 5.41) is 2.78. The Balaban J connectivity index is 1.83. The molecule has 0 aliphatic carbocycles. The number of anilines is 2. The normalized spacial score (nSPS) is 10.3. The number of benzene rings is 1. The second kappa shape index (κ2) is 6.69. The van der Waals surface area contributed by atoms with Crippen molar-refractivity contribution in [1.82, 2.24) is 9.55 Å². The van der Waals surface area contributed by atoms with E-state index in [0.29, 0.717) is 30.8 Å². The van der Waals surface area contributed by atoms with Crippen LogP contribution in [0.25, 0.3) is 0 Å². The van der Waals surface area contributed by atoms with E-state index in [1.165, 1.54) is 10.8 Å². The van der Waals surface area contributed by atoms with Crippen molar-refractivity contribution in [1.29, 1.82) is 0 Å². The zero-order chi connectivity index (χ0) is 15.2. The van der Waals surface area contributed by atoms with Crippen molar-refractivity contribution in [2.45, 2.75) is 26.3 Å². The van der Waals surface area contributed by atoms with Crippen LogP contribution >= 0.6 is 0 Å². The van der Waals surface area contributed by atoms with E-state index >= 15 is 0 Å². The van der Waals surface area contributed by atoms with Crippen molar-refractivity contribution in [3.63, 3.8) is 0 Å². The lowest BCUT2D eigenvalue weighted by atomic mass is 10.2. The summed E-state index contributed by atoms with van der Waals surface area (Å²) >= 11 is 0. The molecule has 1 amide bonds. The van der Waals surface area contributed by atoms with E-state index in [0.717, 1.165) is 5.56 Å². The summed E-state index contributed by atoms with van der Waals surface area (Å²) in [5.41, 5.74) is 7.57. The van der Waals surface area contributed by atoms with E-state index in [9.17, 15) is 9.59 Å². The van der Waals surface area contributed by atoms with E-state index < -0.39 is 0 Å². The third kappa shape index (κ3) is 4.45. The van der Waals surface area contributed by atoms with Crippen LogP contribution in [0, 0.1) is 6.92 Å². The smallest absolute Gasteiger partial charge is 0.347 e. The maximum absolute atomic E-state index is 11.8. The first-order valence-corrected chi connectivity index (χ1v) is 6.73. The predicted octanol–water partition coefficient (Wildman–Crippen LogP) is 1.55. The number of hydrogen-bond donors (Lipinski definition) is 2. The molecule has 0 bridgehead atoms. The lowest BCUT2D eigenvalue weighted by Gasteiger charge is -2.07. The first kappa shape index (κ1) is 14.8. The Morgan fingerprint density at radius 2 is 2.05 bits per heavy atom. The number of nitrogen functional groups attached to an aromatic ring is 1. The fraction of sp³-hybridized carbons (Fsp3) is 0.267. The van der Waals surface area contributed by atoms with Gasteiger partial charge in [-0.25, -0.2) is 9.78 Å². The van der Waals surface area contributed by atoms with E-state index in [4.69, 9.17) is 5.73 Å². The van der Waals surface area contributed by atoms with Gasteiger partial charge in [-0.1, -0.05) is 0 Å². The Hall–Kier alpha value is -2.63. The highest BCUT2D eigenvalue weighted by atomic mass is 16.2. The van der Waals surface area contributed by atoms with Crippen LogP contribution in [0.1, 0.15) is 18.4 Å². The first-order chi connectivity index (χ1) is 10.0. The molecule has 21 heavy (non-hydrogen) atoms. The molecule has 0 atom stereocenters. The Labute approximate surface area is 122 Å². The van der Waals surface area contributed by atoms with Crippen molar-refractivity contribution in [3.05, 3.63) is 52.7 Å². The van der Waals surface area contributed by atoms with Gasteiger partial charge < -0.3 is 11.1 Å². The summed E-state index contributed by atoms with van der Waals surface area (Å²) in [4.78, 5) is 27.1. The SMILES string of the molecule is Cc1cnc(=O)n(CCCC(=O)Nc2ccc(N)cc2)c1. The van der Waals surface area contributed by atoms with E-state index in [-0.39, 0.29) is 11.6 Å². The molecule has 0 aliphatic rings. The van der Waals surface area contributed by atoms with Gasteiger partial charge in [0.05, 0.1) is 0 Å². The monoisotopic (exact) mass is 286 g/mol. The lowest BCUT2D eigenvalue weighted by Crippen LogP contribution is -2.23. The molecule has 0 fully saturated rings. The average molecular weight is 286 g/mol. The highest BCUT2D eigenvalue weighted by Gasteiger charge is 2.04. The van der Waals surface area contributed by atoms with Gasteiger partial charge in [0.1, 0.15) is 0 Å². The minimum absolute atomic E-state index is 0.0894. The van der Waals surface area contributed by atoms with Crippen molar-refractivity contribution in [2.24, 2.45) is 0 Å². The number of aromatic nitrogens is 2. The zero-order valence-electron chi connectivity index (χ0n) is 11.9. The minimum Gasteiger partial charge on any atom is -0.399 e. The zero-order valence-corrected chi connectivity index (χ0v) is 11.9. The second-order valence-electron chi connectivity index (χ2n) is 4.88. The van der Waals surface area contributed by atoms with Crippen LogP contribution in [-0.4, -0.2) is 15.5 Å². The third-order valence-corrected chi connectivity index (χ3v) is 2.98. The minimum atomic E-state index is -0.292. The van der Waals surface area contributed by atoms with Crippen LogP contribution in [0.3, 0.4) is 0 Å². The van der Waals surface area contributed by atoms with Crippen LogP contribution in [0.5, 0.6) is 0 Å². The summed E-state index contributed by atoms with van der Waals surface area (Å²) in [7, 11) is 0. The van der Waals surface area contributed by atoms with E-state index in [2.05, 4.69) is 10.3 Å². The molecule has 0 unspecified atom stereocenters. The van der Waals surface area contributed by atoms with Crippen LogP contribution in [0.2, 0.25) is 0 Å². The summed E-state index contributed by atoms with van der Waals surface area (Å²) in [5.74, 6) is -0.0894. The van der Waals surface area contributed by atoms with Crippen molar-refractivity contribution < 1.29 is 4.79 Å². The molecule has 0 aliphatic heterocycles. The molecule has 6 nitrogen and oxygen atoms in total. The van der Waals surface area contributed by atoms with Gasteiger partial charge in [0.15, 0.2) is 0 Å². The summed E-state index contributed by atoms with van der Waals surface area (Å²) in [6.45, 7) is 2.35. The molecular weight excluding hydrogens is 268 g/mol. The fourth-order valence-corrected chi connectivity index (χ4v) is 1.93. The number of carbonyl (C=O) groups excluding carboxylic acids is 1. The van der Waals surface area contributed by atoms with Crippen LogP contribution < -0.4 is 16.7 Å². The number of nitrogens with two attached hydrogens (primary N) is 1. The first-order valence-electron chi connectivity index (χ1n) is 6.73. The Morgan fingerprint density at radius 1 is 1.33 bits per heavy atom. The maximum Gasteiger partial charge on any atom is 0.347 e. The lowest BCUT2D eigenvalue weighted by molar-refractivity contribution is -0.116. The van der Waals surface area contributed by atoms with Gasteiger partial charge in [-0.15, -0.1) is 0 Å².